The minimum atomic E-state index is 0.326. The number of nitrogens with zero attached hydrogens (tertiary/aromatic N) is 1. The molecule has 0 radical (unpaired) electrons. The topological polar surface area (TPSA) is 55.5 Å². The monoisotopic (exact) mass is 210 g/mol. The van der Waals surface area contributed by atoms with Crippen molar-refractivity contribution in [3.63, 3.8) is 0 Å². The number of allylic oxidation sites excluding steroid dienone is 1. The van der Waals surface area contributed by atoms with Crippen LogP contribution in [0.1, 0.15) is 46.5 Å². The third-order valence-corrected chi connectivity index (χ3v) is 2.26. The van der Waals surface area contributed by atoms with Crippen molar-refractivity contribution >= 4 is 12.0 Å². The number of aliphatic imine (C=N–C) groups is 1. The number of nitrogens with two attached hydrogens (primary N) is 1. The Labute approximate surface area is 92.5 Å². The molecule has 0 aromatic carbocycles. The molecule has 0 heterocycles. The molecule has 0 unspecified atom stereocenters. The van der Waals surface area contributed by atoms with Crippen LogP contribution in [0, 0.1) is 0 Å². The summed E-state index contributed by atoms with van der Waals surface area (Å²) in [6.07, 6.45) is 6.50. The van der Waals surface area contributed by atoms with Crippen LogP contribution in [-0.4, -0.2) is 18.0 Å². The van der Waals surface area contributed by atoms with Crippen LogP contribution in [0.25, 0.3) is 0 Å². The number of hydrogen-bond acceptors (Lipinski definition) is 3. The molecule has 0 aliphatic heterocycles. The summed E-state index contributed by atoms with van der Waals surface area (Å²) in [4.78, 5) is 15.3. The van der Waals surface area contributed by atoms with Crippen molar-refractivity contribution in [1.82, 2.24) is 0 Å². The van der Waals surface area contributed by atoms with E-state index in [-0.39, 0.29) is 0 Å². The third-order valence-electron chi connectivity index (χ3n) is 2.26. The van der Waals surface area contributed by atoms with E-state index in [1.165, 1.54) is 6.20 Å². The molecule has 0 saturated heterocycles. The van der Waals surface area contributed by atoms with Gasteiger partial charge in [-0.15, -0.1) is 0 Å². The van der Waals surface area contributed by atoms with E-state index >= 15 is 0 Å². The Morgan fingerprint density at radius 3 is 2.40 bits per heavy atom. The van der Waals surface area contributed by atoms with Crippen molar-refractivity contribution in [2.75, 3.05) is 0 Å². The van der Waals surface area contributed by atoms with E-state index in [0.717, 1.165) is 18.4 Å². The first-order chi connectivity index (χ1) is 7.22. The van der Waals surface area contributed by atoms with Crippen molar-refractivity contribution < 1.29 is 4.79 Å². The van der Waals surface area contributed by atoms with Gasteiger partial charge in [-0.05, 0) is 31.5 Å². The van der Waals surface area contributed by atoms with Gasteiger partial charge in [0.1, 0.15) is 5.78 Å². The Morgan fingerprint density at radius 1 is 1.40 bits per heavy atom. The van der Waals surface area contributed by atoms with Crippen LogP contribution in [0.4, 0.5) is 0 Å². The van der Waals surface area contributed by atoms with Gasteiger partial charge in [0.05, 0.1) is 6.04 Å². The van der Waals surface area contributed by atoms with Gasteiger partial charge < -0.3 is 5.73 Å². The molecule has 86 valence electrons. The van der Waals surface area contributed by atoms with E-state index in [1.54, 1.807) is 6.21 Å². The van der Waals surface area contributed by atoms with Gasteiger partial charge in [-0.25, -0.2) is 0 Å². The minimum Gasteiger partial charge on any atom is -0.404 e. The molecule has 0 spiro atoms. The molecule has 1 fully saturated rings. The van der Waals surface area contributed by atoms with E-state index in [9.17, 15) is 4.79 Å². The molecule has 3 nitrogen and oxygen atoms in total. The molecule has 1 aliphatic carbocycles. The first-order valence-electron chi connectivity index (χ1n) is 5.65. The average molecular weight is 210 g/mol. The zero-order chi connectivity index (χ0) is 11.7. The Bertz CT molecular complexity index is 234. The van der Waals surface area contributed by atoms with E-state index in [4.69, 9.17) is 5.73 Å². The Balaban J connectivity index is 0.000000921. The highest BCUT2D eigenvalue weighted by Crippen LogP contribution is 2.17. The molecule has 0 aromatic rings. The number of carbonyl (C=O) groups is 1. The van der Waals surface area contributed by atoms with Crippen LogP contribution in [0.2, 0.25) is 0 Å². The van der Waals surface area contributed by atoms with E-state index in [0.29, 0.717) is 24.7 Å². The van der Waals surface area contributed by atoms with Gasteiger partial charge in [-0.1, -0.05) is 13.8 Å². The summed E-state index contributed by atoms with van der Waals surface area (Å²) in [5.41, 5.74) is 6.27. The number of hydrogen-bond donors (Lipinski definition) is 1. The van der Waals surface area contributed by atoms with Crippen LogP contribution in [-0.2, 0) is 4.79 Å². The Kier molecular flexibility index (Phi) is 7.60. The summed E-state index contributed by atoms with van der Waals surface area (Å²) in [6, 6.07) is 0.326. The van der Waals surface area contributed by atoms with Crippen LogP contribution in [0.3, 0.4) is 0 Å². The molecule has 0 bridgehead atoms. The number of carbonyl (C=O) groups excluding carboxylic acids is 1. The minimum absolute atomic E-state index is 0.326. The zero-order valence-electron chi connectivity index (χ0n) is 9.99. The van der Waals surface area contributed by atoms with Gasteiger partial charge in [0.25, 0.3) is 0 Å². The molecule has 0 aromatic heterocycles. The maximum atomic E-state index is 10.9. The van der Waals surface area contributed by atoms with Crippen molar-refractivity contribution in [3.8, 4) is 0 Å². The van der Waals surface area contributed by atoms with Crippen LogP contribution in [0.5, 0.6) is 0 Å². The molecule has 0 atom stereocenters. The summed E-state index contributed by atoms with van der Waals surface area (Å²) in [7, 11) is 0. The van der Waals surface area contributed by atoms with Gasteiger partial charge in [0.15, 0.2) is 0 Å². The van der Waals surface area contributed by atoms with Gasteiger partial charge in [0.2, 0.25) is 0 Å². The molecule has 15 heavy (non-hydrogen) atoms. The van der Waals surface area contributed by atoms with E-state index in [1.807, 2.05) is 20.8 Å². The van der Waals surface area contributed by atoms with Gasteiger partial charge in [-0.2, -0.15) is 0 Å². The number of Topliss-reactive ketones (excluding diaryl/α,β-unsaturated/α-hetero) is 1. The van der Waals surface area contributed by atoms with Gasteiger partial charge in [0, 0.05) is 19.1 Å². The zero-order valence-corrected chi connectivity index (χ0v) is 9.99. The van der Waals surface area contributed by atoms with Gasteiger partial charge >= 0.3 is 0 Å². The molecule has 0 amide bonds. The first kappa shape index (κ1) is 13.9. The third kappa shape index (κ3) is 6.05. The predicted molar refractivity (Wildman–Crippen MR) is 65.0 cm³/mol. The number of rotatable bonds is 2. The summed E-state index contributed by atoms with van der Waals surface area (Å²) in [6.45, 7) is 5.91. The molecule has 3 heteroatoms. The maximum Gasteiger partial charge on any atom is 0.133 e. The van der Waals surface area contributed by atoms with Crippen molar-refractivity contribution in [3.05, 3.63) is 11.8 Å². The molecular formula is C12H22N2O. The fourth-order valence-corrected chi connectivity index (χ4v) is 1.34. The second kappa shape index (κ2) is 8.21. The summed E-state index contributed by atoms with van der Waals surface area (Å²) < 4.78 is 0. The second-order valence-corrected chi connectivity index (χ2v) is 3.46. The Hall–Kier alpha value is -1.12. The van der Waals surface area contributed by atoms with Crippen molar-refractivity contribution in [1.29, 1.82) is 0 Å². The van der Waals surface area contributed by atoms with Gasteiger partial charge in [-0.3, -0.25) is 9.79 Å². The molecule has 1 saturated carbocycles. The fraction of sp³-hybridized carbons (Fsp3) is 0.667. The fourth-order valence-electron chi connectivity index (χ4n) is 1.34. The highest BCUT2D eigenvalue weighted by Gasteiger charge is 2.16. The highest BCUT2D eigenvalue weighted by molar-refractivity contribution is 5.80. The maximum absolute atomic E-state index is 10.9. The lowest BCUT2D eigenvalue weighted by Gasteiger charge is -2.16. The lowest BCUT2D eigenvalue weighted by Crippen LogP contribution is -2.16. The van der Waals surface area contributed by atoms with Crippen LogP contribution >= 0.6 is 0 Å². The van der Waals surface area contributed by atoms with Crippen molar-refractivity contribution in [2.45, 2.75) is 52.5 Å². The van der Waals surface area contributed by atoms with Crippen molar-refractivity contribution in [2.24, 2.45) is 10.7 Å². The molecule has 2 N–H and O–H groups in total. The normalized spacial score (nSPS) is 18.9. The standard InChI is InChI=1S/C10H16N2O.C2H6/c1-8(6-11)7-12-9-2-4-10(13)5-3-9;1-2/h6-7,9H,2-5,11H2,1H3;1-2H3/b8-6-,12-7?;. The lowest BCUT2D eigenvalue weighted by atomic mass is 9.95. The smallest absolute Gasteiger partial charge is 0.133 e. The largest absolute Gasteiger partial charge is 0.404 e. The van der Waals surface area contributed by atoms with E-state index < -0.39 is 0 Å². The number of ketones is 1. The Morgan fingerprint density at radius 2 is 1.93 bits per heavy atom. The summed E-state index contributed by atoms with van der Waals surface area (Å²) >= 11 is 0. The predicted octanol–water partition coefficient (Wildman–Crippen LogP) is 2.46. The lowest BCUT2D eigenvalue weighted by molar-refractivity contribution is -0.120. The second-order valence-electron chi connectivity index (χ2n) is 3.46. The molecule has 1 aliphatic rings. The van der Waals surface area contributed by atoms with E-state index in [2.05, 4.69) is 4.99 Å². The van der Waals surface area contributed by atoms with Crippen LogP contribution < -0.4 is 5.73 Å². The highest BCUT2D eigenvalue weighted by atomic mass is 16.1. The van der Waals surface area contributed by atoms with Crippen LogP contribution in [0.15, 0.2) is 16.8 Å². The summed E-state index contributed by atoms with van der Waals surface area (Å²) in [5, 5.41) is 0. The molecule has 1 rings (SSSR count). The first-order valence-corrected chi connectivity index (χ1v) is 5.65. The SMILES string of the molecule is C/C(C=NC1CCC(=O)CC1)=C/N.CC. The quantitative estimate of drug-likeness (QED) is 0.712. The molecular weight excluding hydrogens is 188 g/mol. The summed E-state index contributed by atoms with van der Waals surface area (Å²) in [5.74, 6) is 0.373. The average Bonchev–Trinajstić information content (AvgIpc) is 2.30.